The van der Waals surface area contributed by atoms with Crippen molar-refractivity contribution in [2.45, 2.75) is 19.8 Å². The number of anilines is 3. The highest BCUT2D eigenvalue weighted by atomic mass is 16.3. The molecule has 0 atom stereocenters. The van der Waals surface area contributed by atoms with Gasteiger partial charge in [-0.15, -0.1) is 0 Å². The van der Waals surface area contributed by atoms with Gasteiger partial charge in [-0.05, 0) is 133 Å². The lowest BCUT2D eigenvalue weighted by Gasteiger charge is -2.28. The summed E-state index contributed by atoms with van der Waals surface area (Å²) in [6.45, 7) is 4.50. The van der Waals surface area contributed by atoms with Gasteiger partial charge < -0.3 is 9.32 Å². The van der Waals surface area contributed by atoms with E-state index in [4.69, 9.17) is 4.42 Å². The average Bonchev–Trinajstić information content (AvgIpc) is 3.53. The fraction of sp³-hybridized carbons (Fsp3) is 0.0638. The molecule has 10 rings (SSSR count). The molecule has 1 aliphatic rings. The first-order valence-corrected chi connectivity index (χ1v) is 17.1. The van der Waals surface area contributed by atoms with Crippen LogP contribution in [0, 0.1) is 0 Å². The molecule has 9 aromatic rings. The largest absolute Gasteiger partial charge is 0.454 e. The molecule has 0 radical (unpaired) electrons. The van der Waals surface area contributed by atoms with Gasteiger partial charge in [0.15, 0.2) is 5.58 Å². The third-order valence-electron chi connectivity index (χ3n) is 10.3. The van der Waals surface area contributed by atoms with E-state index in [0.717, 1.165) is 39.0 Å². The number of rotatable bonds is 5. The summed E-state index contributed by atoms with van der Waals surface area (Å²) in [6.07, 6.45) is 0. The van der Waals surface area contributed by atoms with Crippen LogP contribution in [-0.2, 0) is 0 Å². The van der Waals surface area contributed by atoms with Crippen molar-refractivity contribution in [1.82, 2.24) is 0 Å². The Morgan fingerprint density at radius 2 is 1.08 bits per heavy atom. The van der Waals surface area contributed by atoms with E-state index in [1.165, 1.54) is 60.5 Å². The Labute approximate surface area is 285 Å². The lowest BCUT2D eigenvalue weighted by Crippen LogP contribution is -2.11. The predicted molar refractivity (Wildman–Crippen MR) is 207 cm³/mol. The van der Waals surface area contributed by atoms with Crippen molar-refractivity contribution in [3.05, 3.63) is 163 Å². The van der Waals surface area contributed by atoms with Crippen LogP contribution < -0.4 is 4.90 Å². The topological polar surface area (TPSA) is 16.4 Å². The molecule has 0 bridgehead atoms. The fourth-order valence-electron chi connectivity index (χ4n) is 7.72. The van der Waals surface area contributed by atoms with Crippen molar-refractivity contribution in [3.63, 3.8) is 0 Å². The van der Waals surface area contributed by atoms with Gasteiger partial charge in [0, 0.05) is 22.1 Å². The van der Waals surface area contributed by atoms with Crippen LogP contribution in [0.1, 0.15) is 25.3 Å². The molecule has 2 heteroatoms. The highest BCUT2D eigenvalue weighted by Crippen LogP contribution is 2.51. The quantitative estimate of drug-likeness (QED) is 0.189. The number of hydrogen-bond donors (Lipinski definition) is 0. The van der Waals surface area contributed by atoms with E-state index in [1.807, 2.05) is 6.07 Å². The van der Waals surface area contributed by atoms with Gasteiger partial charge in [0.05, 0.1) is 5.69 Å². The first-order chi connectivity index (χ1) is 24.1. The van der Waals surface area contributed by atoms with Gasteiger partial charge in [-0.25, -0.2) is 0 Å². The van der Waals surface area contributed by atoms with Crippen molar-refractivity contribution in [1.29, 1.82) is 0 Å². The SMILES string of the molecule is CC(C)c1cccc(N(c2ccc3cc4c(cc3c2)-c2cc3cc(-c5ccccc5)ccc3cc2-4)c2cccc3c2oc2ccccc23)c1. The van der Waals surface area contributed by atoms with E-state index < -0.39 is 0 Å². The van der Waals surface area contributed by atoms with Crippen LogP contribution in [0.2, 0.25) is 0 Å². The third kappa shape index (κ3) is 4.41. The summed E-state index contributed by atoms with van der Waals surface area (Å²) >= 11 is 0. The summed E-state index contributed by atoms with van der Waals surface area (Å²) in [4.78, 5) is 2.36. The molecule has 0 N–H and O–H groups in total. The number of nitrogens with zero attached hydrogens (tertiary/aromatic N) is 1. The standard InChI is InChI=1S/C47H33NO/c1-29(2)31-12-8-13-37(23-31)48(45-16-9-15-40-39-14-6-7-17-46(39)49-47(40)45)38-21-20-34-26-42-41-25-33-19-18-32(30-10-4-3-5-11-30)22-35(33)27-43(41)44(42)28-36(34)24-38/h3-29H,1-2H3. The Kier molecular flexibility index (Phi) is 6.10. The van der Waals surface area contributed by atoms with E-state index >= 15 is 0 Å². The van der Waals surface area contributed by atoms with Crippen molar-refractivity contribution in [2.75, 3.05) is 4.90 Å². The molecular formula is C47H33NO. The van der Waals surface area contributed by atoms with Gasteiger partial charge in [-0.1, -0.05) is 105 Å². The number of fused-ring (bicyclic) bond motifs is 9. The number of hydrogen-bond acceptors (Lipinski definition) is 2. The number of para-hydroxylation sites is 2. The summed E-state index contributed by atoms with van der Waals surface area (Å²) in [7, 11) is 0. The zero-order valence-corrected chi connectivity index (χ0v) is 27.4. The van der Waals surface area contributed by atoms with E-state index in [9.17, 15) is 0 Å². The Morgan fingerprint density at radius 1 is 0.449 bits per heavy atom. The predicted octanol–water partition coefficient (Wildman–Crippen LogP) is 13.8. The minimum atomic E-state index is 0.416. The molecule has 0 saturated carbocycles. The van der Waals surface area contributed by atoms with Gasteiger partial charge in [0.1, 0.15) is 5.58 Å². The molecule has 1 heterocycles. The molecule has 0 unspecified atom stereocenters. The molecule has 0 amide bonds. The summed E-state index contributed by atoms with van der Waals surface area (Å²) in [6, 6.07) is 57.5. The molecule has 232 valence electrons. The van der Waals surface area contributed by atoms with Crippen molar-refractivity contribution in [2.24, 2.45) is 0 Å². The summed E-state index contributed by atoms with van der Waals surface area (Å²) in [5, 5.41) is 7.27. The molecular weight excluding hydrogens is 595 g/mol. The summed E-state index contributed by atoms with van der Waals surface area (Å²) < 4.78 is 6.59. The maximum Gasteiger partial charge on any atom is 0.159 e. The molecule has 2 nitrogen and oxygen atoms in total. The monoisotopic (exact) mass is 627 g/mol. The first kappa shape index (κ1) is 27.9. The van der Waals surface area contributed by atoms with Gasteiger partial charge >= 0.3 is 0 Å². The second-order valence-electron chi connectivity index (χ2n) is 13.6. The molecule has 0 fully saturated rings. The van der Waals surface area contributed by atoms with Gasteiger partial charge in [0.2, 0.25) is 0 Å². The summed E-state index contributed by atoms with van der Waals surface area (Å²) in [5.41, 5.74) is 14.2. The van der Waals surface area contributed by atoms with E-state index in [1.54, 1.807) is 0 Å². The van der Waals surface area contributed by atoms with Gasteiger partial charge in [-0.3, -0.25) is 0 Å². The Balaban J connectivity index is 1.12. The minimum Gasteiger partial charge on any atom is -0.454 e. The Bertz CT molecular complexity index is 2750. The van der Waals surface area contributed by atoms with Gasteiger partial charge in [0.25, 0.3) is 0 Å². The minimum absolute atomic E-state index is 0.416. The van der Waals surface area contributed by atoms with Crippen LogP contribution in [0.3, 0.4) is 0 Å². The second-order valence-corrected chi connectivity index (χ2v) is 13.6. The Hall–Kier alpha value is -6.12. The van der Waals surface area contributed by atoms with Crippen molar-refractivity contribution >= 4 is 60.5 Å². The zero-order chi connectivity index (χ0) is 32.6. The number of furan rings is 1. The maximum absolute atomic E-state index is 6.59. The zero-order valence-electron chi connectivity index (χ0n) is 27.4. The smallest absolute Gasteiger partial charge is 0.159 e. The van der Waals surface area contributed by atoms with Crippen LogP contribution in [0.4, 0.5) is 17.1 Å². The lowest BCUT2D eigenvalue weighted by molar-refractivity contribution is 0.669. The van der Waals surface area contributed by atoms with E-state index in [0.29, 0.717) is 5.92 Å². The maximum atomic E-state index is 6.59. The van der Waals surface area contributed by atoms with Crippen LogP contribution in [0.5, 0.6) is 0 Å². The Morgan fingerprint density at radius 3 is 1.86 bits per heavy atom. The molecule has 8 aromatic carbocycles. The van der Waals surface area contributed by atoms with Crippen LogP contribution >= 0.6 is 0 Å². The number of benzene rings is 8. The normalized spacial score (nSPS) is 12.1. The van der Waals surface area contributed by atoms with Crippen molar-refractivity contribution < 1.29 is 4.42 Å². The fourth-order valence-corrected chi connectivity index (χ4v) is 7.72. The van der Waals surface area contributed by atoms with Gasteiger partial charge in [-0.2, -0.15) is 0 Å². The highest BCUT2D eigenvalue weighted by Gasteiger charge is 2.25. The molecule has 0 aliphatic heterocycles. The molecule has 1 aliphatic carbocycles. The van der Waals surface area contributed by atoms with Crippen LogP contribution in [0.25, 0.3) is 76.9 Å². The highest BCUT2D eigenvalue weighted by molar-refractivity contribution is 6.13. The second kappa shape index (κ2) is 10.7. The molecule has 0 saturated heterocycles. The summed E-state index contributed by atoms with van der Waals surface area (Å²) in [5.74, 6) is 0.416. The molecule has 49 heavy (non-hydrogen) atoms. The first-order valence-electron chi connectivity index (χ1n) is 17.1. The van der Waals surface area contributed by atoms with Crippen LogP contribution in [0.15, 0.2) is 162 Å². The molecule has 0 spiro atoms. The van der Waals surface area contributed by atoms with Crippen LogP contribution in [-0.4, -0.2) is 0 Å². The average molecular weight is 628 g/mol. The van der Waals surface area contributed by atoms with Crippen molar-refractivity contribution in [3.8, 4) is 33.4 Å². The van der Waals surface area contributed by atoms with E-state index in [-0.39, 0.29) is 0 Å². The van der Waals surface area contributed by atoms with E-state index in [2.05, 4.69) is 170 Å². The third-order valence-corrected chi connectivity index (χ3v) is 10.3. The lowest BCUT2D eigenvalue weighted by atomic mass is 9.77. The molecule has 1 aromatic heterocycles.